The van der Waals surface area contributed by atoms with Gasteiger partial charge >= 0.3 is 0 Å². The van der Waals surface area contributed by atoms with E-state index in [9.17, 15) is 14.4 Å². The maximum Gasteiger partial charge on any atom is 0.261 e. The van der Waals surface area contributed by atoms with Crippen molar-refractivity contribution in [3.63, 3.8) is 0 Å². The number of pyridine rings is 1. The predicted molar refractivity (Wildman–Crippen MR) is 104 cm³/mol. The SMILES string of the molecule is O=C1c2cc3nc(-c4c(Cl)cc[nH]c4=O)[nH]c3cc2C(=O)N1C1CCNCC1. The van der Waals surface area contributed by atoms with Crippen LogP contribution in [0.3, 0.4) is 0 Å². The largest absolute Gasteiger partial charge is 0.338 e. The second-order valence-corrected chi connectivity index (χ2v) is 7.40. The van der Waals surface area contributed by atoms with Crippen LogP contribution in [0.4, 0.5) is 0 Å². The van der Waals surface area contributed by atoms with E-state index in [2.05, 4.69) is 20.3 Å². The number of nitrogens with one attached hydrogen (secondary N) is 3. The molecule has 9 heteroatoms. The van der Waals surface area contributed by atoms with Gasteiger partial charge in [-0.1, -0.05) is 11.6 Å². The van der Waals surface area contributed by atoms with E-state index in [0.717, 1.165) is 25.9 Å². The molecule has 1 saturated heterocycles. The lowest BCUT2D eigenvalue weighted by atomic mass is 10.1. The number of piperidine rings is 1. The first kappa shape index (κ1) is 17.2. The Morgan fingerprint density at radius 2 is 1.79 bits per heavy atom. The van der Waals surface area contributed by atoms with E-state index in [1.807, 2.05) is 0 Å². The van der Waals surface area contributed by atoms with Gasteiger partial charge in [-0.2, -0.15) is 0 Å². The van der Waals surface area contributed by atoms with Crippen molar-refractivity contribution in [2.24, 2.45) is 0 Å². The number of imidazole rings is 1. The normalized spacial score (nSPS) is 17.5. The molecule has 3 aromatic rings. The van der Waals surface area contributed by atoms with Crippen molar-refractivity contribution in [1.82, 2.24) is 25.2 Å². The molecule has 0 bridgehead atoms. The molecule has 142 valence electrons. The van der Waals surface area contributed by atoms with Crippen molar-refractivity contribution in [3.8, 4) is 11.4 Å². The predicted octanol–water partition coefficient (Wildman–Crippen LogP) is 1.92. The van der Waals surface area contributed by atoms with Gasteiger partial charge in [-0.3, -0.25) is 19.3 Å². The van der Waals surface area contributed by atoms with Gasteiger partial charge in [0, 0.05) is 12.2 Å². The second-order valence-electron chi connectivity index (χ2n) is 6.99. The number of amides is 2. The number of carbonyl (C=O) groups excluding carboxylic acids is 2. The van der Waals surface area contributed by atoms with Gasteiger partial charge in [0.15, 0.2) is 0 Å². The summed E-state index contributed by atoms with van der Waals surface area (Å²) in [5, 5.41) is 3.50. The molecule has 2 amide bonds. The van der Waals surface area contributed by atoms with Crippen LogP contribution < -0.4 is 10.9 Å². The zero-order valence-electron chi connectivity index (χ0n) is 14.7. The number of fused-ring (bicyclic) bond motifs is 2. The Balaban J connectivity index is 1.59. The monoisotopic (exact) mass is 397 g/mol. The fourth-order valence-corrected chi connectivity index (χ4v) is 4.19. The van der Waals surface area contributed by atoms with Crippen LogP contribution in [0.15, 0.2) is 29.2 Å². The molecule has 0 aliphatic carbocycles. The number of halogens is 1. The Hall–Kier alpha value is -2.97. The van der Waals surface area contributed by atoms with Crippen molar-refractivity contribution in [2.75, 3.05) is 13.1 Å². The molecule has 28 heavy (non-hydrogen) atoms. The first-order valence-corrected chi connectivity index (χ1v) is 9.42. The summed E-state index contributed by atoms with van der Waals surface area (Å²) in [6, 6.07) is 4.72. The van der Waals surface area contributed by atoms with Crippen molar-refractivity contribution in [3.05, 3.63) is 50.9 Å². The number of benzene rings is 1. The lowest BCUT2D eigenvalue weighted by Crippen LogP contribution is -2.45. The van der Waals surface area contributed by atoms with Gasteiger partial charge in [0.1, 0.15) is 11.4 Å². The number of aromatic nitrogens is 3. The minimum atomic E-state index is -0.372. The Bertz CT molecular complexity index is 1140. The van der Waals surface area contributed by atoms with Gasteiger partial charge in [0.05, 0.1) is 27.2 Å². The van der Waals surface area contributed by atoms with Gasteiger partial charge in [-0.25, -0.2) is 4.98 Å². The number of hydrogen-bond donors (Lipinski definition) is 3. The fraction of sp³-hybridized carbons (Fsp3) is 0.263. The highest BCUT2D eigenvalue weighted by molar-refractivity contribution is 6.33. The van der Waals surface area contributed by atoms with Gasteiger partial charge in [-0.05, 0) is 44.1 Å². The third-order valence-electron chi connectivity index (χ3n) is 5.34. The van der Waals surface area contributed by atoms with E-state index in [0.29, 0.717) is 28.0 Å². The summed E-state index contributed by atoms with van der Waals surface area (Å²) >= 11 is 6.14. The number of carbonyl (C=O) groups is 2. The van der Waals surface area contributed by atoms with Crippen LogP contribution in [0, 0.1) is 0 Å². The molecule has 1 fully saturated rings. The van der Waals surface area contributed by atoms with Crippen LogP contribution >= 0.6 is 11.6 Å². The highest BCUT2D eigenvalue weighted by Gasteiger charge is 2.40. The van der Waals surface area contributed by atoms with Crippen LogP contribution in [0.25, 0.3) is 22.4 Å². The number of H-pyrrole nitrogens is 2. The topological polar surface area (TPSA) is 111 Å². The minimum Gasteiger partial charge on any atom is -0.338 e. The van der Waals surface area contributed by atoms with Gasteiger partial charge < -0.3 is 15.3 Å². The average Bonchev–Trinajstić information content (AvgIpc) is 3.19. The summed E-state index contributed by atoms with van der Waals surface area (Å²) in [6.45, 7) is 1.58. The lowest BCUT2D eigenvalue weighted by molar-refractivity contribution is 0.0556. The van der Waals surface area contributed by atoms with Crippen molar-refractivity contribution in [2.45, 2.75) is 18.9 Å². The van der Waals surface area contributed by atoms with Crippen LogP contribution in [0.5, 0.6) is 0 Å². The third-order valence-corrected chi connectivity index (χ3v) is 5.66. The standard InChI is InChI=1S/C19H16ClN5O3/c20-12-3-6-22-17(26)15(12)16-23-13-7-10-11(8-14(13)24-16)19(28)25(18(10)27)9-1-4-21-5-2-9/h3,6-9,21H,1-2,4-5H2,(H,22,26)(H,23,24). The summed E-state index contributed by atoms with van der Waals surface area (Å²) in [5.41, 5.74) is 1.63. The summed E-state index contributed by atoms with van der Waals surface area (Å²) < 4.78 is 0. The molecule has 2 aromatic heterocycles. The molecule has 0 spiro atoms. The molecule has 2 aliphatic rings. The Morgan fingerprint density at radius 1 is 1.07 bits per heavy atom. The Kier molecular flexibility index (Phi) is 3.85. The van der Waals surface area contributed by atoms with E-state index in [4.69, 9.17) is 11.6 Å². The van der Waals surface area contributed by atoms with E-state index in [1.165, 1.54) is 11.1 Å². The minimum absolute atomic E-state index is 0.0859. The second kappa shape index (κ2) is 6.29. The maximum atomic E-state index is 12.9. The third kappa shape index (κ3) is 2.49. The van der Waals surface area contributed by atoms with Gasteiger partial charge in [0.25, 0.3) is 17.4 Å². The first-order valence-electron chi connectivity index (χ1n) is 9.04. The van der Waals surface area contributed by atoms with E-state index < -0.39 is 0 Å². The Morgan fingerprint density at radius 3 is 2.50 bits per heavy atom. The van der Waals surface area contributed by atoms with E-state index >= 15 is 0 Å². The molecular formula is C19H16ClN5O3. The molecule has 4 heterocycles. The zero-order chi connectivity index (χ0) is 19.4. The van der Waals surface area contributed by atoms with Gasteiger partial charge in [0.2, 0.25) is 0 Å². The molecule has 2 aliphatic heterocycles. The van der Waals surface area contributed by atoms with Crippen molar-refractivity contribution in [1.29, 1.82) is 0 Å². The summed E-state index contributed by atoms with van der Waals surface area (Å²) in [6.07, 6.45) is 2.96. The van der Waals surface area contributed by atoms with Crippen molar-refractivity contribution >= 4 is 34.4 Å². The number of aromatic amines is 2. The number of nitrogens with zero attached hydrogens (tertiary/aromatic N) is 2. The number of imide groups is 1. The highest BCUT2D eigenvalue weighted by Crippen LogP contribution is 2.32. The van der Waals surface area contributed by atoms with Crippen LogP contribution in [-0.2, 0) is 0 Å². The van der Waals surface area contributed by atoms with E-state index in [1.54, 1.807) is 18.2 Å². The van der Waals surface area contributed by atoms with Crippen LogP contribution in [-0.4, -0.2) is 50.8 Å². The molecule has 0 unspecified atom stereocenters. The Labute approximate surface area is 163 Å². The maximum absolute atomic E-state index is 12.9. The number of hydrogen-bond acceptors (Lipinski definition) is 5. The molecule has 1 aromatic carbocycles. The summed E-state index contributed by atoms with van der Waals surface area (Å²) in [4.78, 5) is 49.4. The summed E-state index contributed by atoms with van der Waals surface area (Å²) in [5.74, 6) is -0.268. The molecule has 5 rings (SSSR count). The molecule has 3 N–H and O–H groups in total. The number of rotatable bonds is 2. The molecule has 0 atom stereocenters. The van der Waals surface area contributed by atoms with Crippen molar-refractivity contribution < 1.29 is 9.59 Å². The first-order chi connectivity index (χ1) is 13.5. The van der Waals surface area contributed by atoms with E-state index in [-0.39, 0.29) is 34.0 Å². The summed E-state index contributed by atoms with van der Waals surface area (Å²) in [7, 11) is 0. The zero-order valence-corrected chi connectivity index (χ0v) is 15.5. The fourth-order valence-electron chi connectivity index (χ4n) is 3.95. The molecule has 0 radical (unpaired) electrons. The van der Waals surface area contributed by atoms with Crippen LogP contribution in [0.2, 0.25) is 5.02 Å². The lowest BCUT2D eigenvalue weighted by Gasteiger charge is -2.29. The highest BCUT2D eigenvalue weighted by atomic mass is 35.5. The smallest absolute Gasteiger partial charge is 0.261 e. The molecular weight excluding hydrogens is 382 g/mol. The molecule has 0 saturated carbocycles. The molecule has 8 nitrogen and oxygen atoms in total. The quantitative estimate of drug-likeness (QED) is 0.572. The van der Waals surface area contributed by atoms with Crippen LogP contribution in [0.1, 0.15) is 33.6 Å². The van der Waals surface area contributed by atoms with Gasteiger partial charge in [-0.15, -0.1) is 0 Å². The average molecular weight is 398 g/mol.